The predicted molar refractivity (Wildman–Crippen MR) is 60.6 cm³/mol. The summed E-state index contributed by atoms with van der Waals surface area (Å²) in [7, 11) is 1.64. The van der Waals surface area contributed by atoms with E-state index in [9.17, 15) is 4.39 Å². The van der Waals surface area contributed by atoms with Crippen molar-refractivity contribution in [3.8, 4) is 0 Å². The molecule has 0 amide bonds. The zero-order chi connectivity index (χ0) is 11.8. The van der Waals surface area contributed by atoms with Crippen molar-refractivity contribution in [3.05, 3.63) is 35.6 Å². The van der Waals surface area contributed by atoms with E-state index in [2.05, 4.69) is 0 Å². The zero-order valence-electron chi connectivity index (χ0n) is 9.53. The Hall–Kier alpha value is -0.970. The fraction of sp³-hybridized carbons (Fsp3) is 0.500. The first-order valence-corrected chi connectivity index (χ1v) is 5.33. The lowest BCUT2D eigenvalue weighted by molar-refractivity contribution is 0.127. The number of hydrogen-bond donors (Lipinski definition) is 1. The highest BCUT2D eigenvalue weighted by molar-refractivity contribution is 5.16. The maximum atomic E-state index is 13.0. The molecule has 1 aromatic carbocycles. The van der Waals surface area contributed by atoms with E-state index >= 15 is 0 Å². The molecule has 0 spiro atoms. The molecule has 1 rings (SSSR count). The lowest BCUT2D eigenvalue weighted by atomic mass is 10.2. The molecule has 90 valence electrons. The van der Waals surface area contributed by atoms with E-state index in [0.29, 0.717) is 19.7 Å². The van der Waals surface area contributed by atoms with E-state index in [0.717, 1.165) is 12.1 Å². The van der Waals surface area contributed by atoms with Crippen molar-refractivity contribution in [2.75, 3.05) is 33.4 Å². The molecule has 3 nitrogen and oxygen atoms in total. The SMILES string of the molecule is COCCN(CCO)Cc1cccc(F)c1. The number of benzene rings is 1. The number of aliphatic hydroxyl groups excluding tert-OH is 1. The van der Waals surface area contributed by atoms with Crippen molar-refractivity contribution >= 4 is 0 Å². The Morgan fingerprint density at radius 2 is 2.19 bits per heavy atom. The molecule has 0 atom stereocenters. The number of aliphatic hydroxyl groups is 1. The van der Waals surface area contributed by atoms with Gasteiger partial charge in [-0.1, -0.05) is 12.1 Å². The van der Waals surface area contributed by atoms with Crippen LogP contribution in [0.4, 0.5) is 4.39 Å². The van der Waals surface area contributed by atoms with Crippen molar-refractivity contribution in [2.24, 2.45) is 0 Å². The first-order chi connectivity index (χ1) is 7.76. The highest BCUT2D eigenvalue weighted by atomic mass is 19.1. The Morgan fingerprint density at radius 3 is 2.81 bits per heavy atom. The van der Waals surface area contributed by atoms with Crippen LogP contribution in [0.3, 0.4) is 0 Å². The van der Waals surface area contributed by atoms with Crippen molar-refractivity contribution in [1.29, 1.82) is 0 Å². The average Bonchev–Trinajstić information content (AvgIpc) is 2.26. The summed E-state index contributed by atoms with van der Waals surface area (Å²) in [6.07, 6.45) is 0. The molecular formula is C12H18FNO2. The topological polar surface area (TPSA) is 32.7 Å². The van der Waals surface area contributed by atoms with Gasteiger partial charge in [-0.3, -0.25) is 4.90 Å². The van der Waals surface area contributed by atoms with Crippen LogP contribution in [0, 0.1) is 5.82 Å². The second-order valence-corrected chi connectivity index (χ2v) is 3.62. The third-order valence-corrected chi connectivity index (χ3v) is 2.32. The standard InChI is InChI=1S/C12H18FNO2/c1-16-8-6-14(5-7-15)10-11-3-2-4-12(13)9-11/h2-4,9,15H,5-8,10H2,1H3. The first-order valence-electron chi connectivity index (χ1n) is 5.33. The van der Waals surface area contributed by atoms with Crippen molar-refractivity contribution in [2.45, 2.75) is 6.54 Å². The normalized spacial score (nSPS) is 11.0. The van der Waals surface area contributed by atoms with Gasteiger partial charge < -0.3 is 9.84 Å². The summed E-state index contributed by atoms with van der Waals surface area (Å²) in [5.41, 5.74) is 0.907. The van der Waals surface area contributed by atoms with Gasteiger partial charge in [-0.2, -0.15) is 0 Å². The number of rotatable bonds is 7. The van der Waals surface area contributed by atoms with Gasteiger partial charge in [0.1, 0.15) is 5.82 Å². The van der Waals surface area contributed by atoms with Gasteiger partial charge in [0.15, 0.2) is 0 Å². The van der Waals surface area contributed by atoms with Crippen LogP contribution in [0.25, 0.3) is 0 Å². The predicted octanol–water partition coefficient (Wildman–Crippen LogP) is 1.27. The van der Waals surface area contributed by atoms with Crippen LogP contribution >= 0.6 is 0 Å². The van der Waals surface area contributed by atoms with E-state index in [-0.39, 0.29) is 12.4 Å². The summed E-state index contributed by atoms with van der Waals surface area (Å²) in [5.74, 6) is -0.229. The number of nitrogens with zero attached hydrogens (tertiary/aromatic N) is 1. The molecule has 0 unspecified atom stereocenters. The lowest BCUT2D eigenvalue weighted by Gasteiger charge is -2.20. The Balaban J connectivity index is 2.52. The molecular weight excluding hydrogens is 209 g/mol. The Kier molecular flexibility index (Phi) is 6.00. The molecule has 0 aromatic heterocycles. The van der Waals surface area contributed by atoms with E-state index < -0.39 is 0 Å². The summed E-state index contributed by atoms with van der Waals surface area (Å²) in [6.45, 7) is 2.63. The van der Waals surface area contributed by atoms with Gasteiger partial charge in [-0.15, -0.1) is 0 Å². The molecule has 4 heteroatoms. The molecule has 1 N–H and O–H groups in total. The largest absolute Gasteiger partial charge is 0.395 e. The summed E-state index contributed by atoms with van der Waals surface area (Å²) in [4.78, 5) is 2.03. The lowest BCUT2D eigenvalue weighted by Crippen LogP contribution is -2.29. The van der Waals surface area contributed by atoms with Crippen LogP contribution < -0.4 is 0 Å². The van der Waals surface area contributed by atoms with Crippen molar-refractivity contribution < 1.29 is 14.2 Å². The molecule has 0 saturated carbocycles. The molecule has 0 aliphatic carbocycles. The molecule has 0 heterocycles. The van der Waals surface area contributed by atoms with Crippen LogP contribution in [0.1, 0.15) is 5.56 Å². The van der Waals surface area contributed by atoms with E-state index in [4.69, 9.17) is 9.84 Å². The monoisotopic (exact) mass is 227 g/mol. The number of ether oxygens (including phenoxy) is 1. The van der Waals surface area contributed by atoms with E-state index in [1.807, 2.05) is 11.0 Å². The third kappa shape index (κ3) is 4.70. The van der Waals surface area contributed by atoms with Crippen molar-refractivity contribution in [1.82, 2.24) is 4.90 Å². The van der Waals surface area contributed by atoms with Gasteiger partial charge in [-0.25, -0.2) is 4.39 Å². The third-order valence-electron chi connectivity index (χ3n) is 2.32. The molecule has 0 fully saturated rings. The fourth-order valence-corrected chi connectivity index (χ4v) is 1.53. The minimum Gasteiger partial charge on any atom is -0.395 e. The maximum absolute atomic E-state index is 13.0. The van der Waals surface area contributed by atoms with Crippen LogP contribution in [-0.4, -0.2) is 43.4 Å². The van der Waals surface area contributed by atoms with E-state index in [1.54, 1.807) is 13.2 Å². The second-order valence-electron chi connectivity index (χ2n) is 3.62. The maximum Gasteiger partial charge on any atom is 0.123 e. The summed E-state index contributed by atoms with van der Waals surface area (Å²) < 4.78 is 17.9. The highest BCUT2D eigenvalue weighted by Gasteiger charge is 2.05. The molecule has 0 aliphatic rings. The molecule has 0 radical (unpaired) electrons. The zero-order valence-corrected chi connectivity index (χ0v) is 9.53. The van der Waals surface area contributed by atoms with Gasteiger partial charge in [0.2, 0.25) is 0 Å². The molecule has 1 aromatic rings. The van der Waals surface area contributed by atoms with Crippen LogP contribution in [0.5, 0.6) is 0 Å². The van der Waals surface area contributed by atoms with Gasteiger partial charge in [0.25, 0.3) is 0 Å². The molecule has 0 bridgehead atoms. The van der Waals surface area contributed by atoms with Crippen molar-refractivity contribution in [3.63, 3.8) is 0 Å². The van der Waals surface area contributed by atoms with Gasteiger partial charge in [0, 0.05) is 26.7 Å². The van der Waals surface area contributed by atoms with E-state index in [1.165, 1.54) is 12.1 Å². The molecule has 16 heavy (non-hydrogen) atoms. The summed E-state index contributed by atoms with van der Waals surface area (Å²) >= 11 is 0. The Bertz CT molecular complexity index is 307. The minimum absolute atomic E-state index is 0.0963. The molecule has 0 saturated heterocycles. The quantitative estimate of drug-likeness (QED) is 0.761. The fourth-order valence-electron chi connectivity index (χ4n) is 1.53. The first kappa shape index (κ1) is 13.1. The van der Waals surface area contributed by atoms with Crippen LogP contribution in [0.15, 0.2) is 24.3 Å². The Labute approximate surface area is 95.5 Å². The van der Waals surface area contributed by atoms with Crippen LogP contribution in [0.2, 0.25) is 0 Å². The Morgan fingerprint density at radius 1 is 1.38 bits per heavy atom. The molecule has 0 aliphatic heterocycles. The summed E-state index contributed by atoms with van der Waals surface area (Å²) in [5, 5.41) is 8.91. The smallest absolute Gasteiger partial charge is 0.123 e. The van der Waals surface area contributed by atoms with Gasteiger partial charge >= 0.3 is 0 Å². The van der Waals surface area contributed by atoms with Gasteiger partial charge in [0.05, 0.1) is 13.2 Å². The highest BCUT2D eigenvalue weighted by Crippen LogP contribution is 2.06. The number of halogens is 1. The van der Waals surface area contributed by atoms with Gasteiger partial charge in [-0.05, 0) is 17.7 Å². The number of hydrogen-bond acceptors (Lipinski definition) is 3. The second kappa shape index (κ2) is 7.33. The minimum atomic E-state index is -0.229. The van der Waals surface area contributed by atoms with Crippen LogP contribution in [-0.2, 0) is 11.3 Å². The average molecular weight is 227 g/mol. The summed E-state index contributed by atoms with van der Waals surface area (Å²) in [6, 6.07) is 6.50. The number of methoxy groups -OCH3 is 1.